The molecular formula is C21H25N5O4S2. The Kier molecular flexibility index (Phi) is 7.86. The van der Waals surface area contributed by atoms with Crippen LogP contribution in [0, 0.1) is 13.8 Å². The number of aromatic nitrogens is 4. The van der Waals surface area contributed by atoms with E-state index < -0.39 is 5.97 Å². The van der Waals surface area contributed by atoms with E-state index in [1.165, 1.54) is 11.8 Å². The van der Waals surface area contributed by atoms with Gasteiger partial charge in [-0.1, -0.05) is 41.3 Å². The minimum Gasteiger partial charge on any atom is -0.482 e. The zero-order valence-electron chi connectivity index (χ0n) is 18.5. The predicted molar refractivity (Wildman–Crippen MR) is 123 cm³/mol. The number of amides is 1. The normalized spacial score (nSPS) is 11.8. The van der Waals surface area contributed by atoms with Crippen molar-refractivity contribution in [1.82, 2.24) is 19.7 Å². The summed E-state index contributed by atoms with van der Waals surface area (Å²) < 4.78 is 12.8. The Bertz CT molecular complexity index is 1110. The average molecular weight is 476 g/mol. The molecule has 2 heterocycles. The van der Waals surface area contributed by atoms with Gasteiger partial charge in [0.2, 0.25) is 5.91 Å². The molecule has 0 spiro atoms. The maximum Gasteiger partial charge on any atom is 0.350 e. The van der Waals surface area contributed by atoms with Crippen LogP contribution < -0.4 is 10.1 Å². The second-order valence-corrected chi connectivity index (χ2v) is 8.86. The zero-order chi connectivity index (χ0) is 23.3. The molecule has 0 saturated carbocycles. The Morgan fingerprint density at radius 1 is 1.25 bits per heavy atom. The molecule has 1 aromatic carbocycles. The SMILES string of the molecule is CCOC(=O)c1sc(NC(=O)CSc2nnc(C(C)Oc3ccccc3C)n2C)nc1C. The van der Waals surface area contributed by atoms with Crippen molar-refractivity contribution in [2.24, 2.45) is 7.05 Å². The van der Waals surface area contributed by atoms with Gasteiger partial charge in [-0.25, -0.2) is 9.78 Å². The molecule has 0 radical (unpaired) electrons. The van der Waals surface area contributed by atoms with E-state index in [1.54, 1.807) is 13.8 Å². The van der Waals surface area contributed by atoms with Crippen molar-refractivity contribution in [2.45, 2.75) is 39.0 Å². The first kappa shape index (κ1) is 23.7. The van der Waals surface area contributed by atoms with Crippen LogP contribution in [-0.2, 0) is 16.6 Å². The minimum absolute atomic E-state index is 0.117. The number of carbonyl (C=O) groups excluding carboxylic acids is 2. The fourth-order valence-corrected chi connectivity index (χ4v) is 4.45. The minimum atomic E-state index is -0.439. The molecule has 1 unspecified atom stereocenters. The van der Waals surface area contributed by atoms with Crippen LogP contribution in [0.25, 0.3) is 0 Å². The number of hydrogen-bond acceptors (Lipinski definition) is 9. The van der Waals surface area contributed by atoms with Crippen LogP contribution in [0.15, 0.2) is 29.4 Å². The van der Waals surface area contributed by atoms with Crippen LogP contribution in [0.1, 0.15) is 46.7 Å². The first-order valence-electron chi connectivity index (χ1n) is 9.98. The highest BCUT2D eigenvalue weighted by atomic mass is 32.2. The van der Waals surface area contributed by atoms with Crippen molar-refractivity contribution in [3.63, 3.8) is 0 Å². The molecule has 1 atom stereocenters. The number of ether oxygens (including phenoxy) is 2. The summed E-state index contributed by atoms with van der Waals surface area (Å²) in [4.78, 5) is 28.9. The quantitative estimate of drug-likeness (QED) is 0.366. The van der Waals surface area contributed by atoms with Gasteiger partial charge in [0, 0.05) is 7.05 Å². The van der Waals surface area contributed by atoms with Gasteiger partial charge in [-0.2, -0.15) is 0 Å². The van der Waals surface area contributed by atoms with Gasteiger partial charge in [0.25, 0.3) is 0 Å². The van der Waals surface area contributed by atoms with Crippen molar-refractivity contribution in [1.29, 1.82) is 0 Å². The highest BCUT2D eigenvalue weighted by Crippen LogP contribution is 2.26. The summed E-state index contributed by atoms with van der Waals surface area (Å²) in [6.07, 6.45) is -0.309. The van der Waals surface area contributed by atoms with Crippen molar-refractivity contribution in [3.05, 3.63) is 46.2 Å². The Morgan fingerprint density at radius 2 is 2.00 bits per heavy atom. The summed E-state index contributed by atoms with van der Waals surface area (Å²) in [5.74, 6) is 0.870. The number of nitrogens with one attached hydrogen (secondary N) is 1. The van der Waals surface area contributed by atoms with Gasteiger partial charge in [-0.15, -0.1) is 10.2 Å². The summed E-state index contributed by atoms with van der Waals surface area (Å²) in [5, 5.41) is 12.1. The standard InChI is InChI=1S/C21H25N5O4S2/c1-6-29-19(28)17-13(3)22-20(32-17)23-16(27)11-31-21-25-24-18(26(21)5)14(4)30-15-10-8-7-9-12(15)2/h7-10,14H,6,11H2,1-5H3,(H,22,23,27). The van der Waals surface area contributed by atoms with Crippen LogP contribution in [0.5, 0.6) is 5.75 Å². The molecule has 0 aliphatic carbocycles. The van der Waals surface area contributed by atoms with E-state index in [0.717, 1.165) is 22.6 Å². The maximum atomic E-state index is 12.4. The summed E-state index contributed by atoms with van der Waals surface area (Å²) in [5.41, 5.74) is 1.56. The molecule has 1 amide bonds. The summed E-state index contributed by atoms with van der Waals surface area (Å²) >= 11 is 2.35. The van der Waals surface area contributed by atoms with E-state index in [0.29, 0.717) is 26.7 Å². The lowest BCUT2D eigenvalue weighted by Crippen LogP contribution is -2.14. The largest absolute Gasteiger partial charge is 0.482 e. The van der Waals surface area contributed by atoms with E-state index in [1.807, 2.05) is 49.7 Å². The molecule has 11 heteroatoms. The number of benzene rings is 1. The Hall–Kier alpha value is -2.92. The average Bonchev–Trinajstić information content (AvgIpc) is 3.30. The second kappa shape index (κ2) is 10.6. The second-order valence-electron chi connectivity index (χ2n) is 6.92. The first-order valence-corrected chi connectivity index (χ1v) is 11.8. The molecule has 1 N–H and O–H groups in total. The van der Waals surface area contributed by atoms with Gasteiger partial charge in [0.1, 0.15) is 10.6 Å². The fraction of sp³-hybridized carbons (Fsp3) is 0.381. The lowest BCUT2D eigenvalue weighted by atomic mass is 10.2. The highest BCUT2D eigenvalue weighted by molar-refractivity contribution is 7.99. The molecule has 9 nitrogen and oxygen atoms in total. The number of carbonyl (C=O) groups is 2. The molecule has 0 aliphatic rings. The first-order chi connectivity index (χ1) is 15.3. The molecule has 2 aromatic heterocycles. The Labute approximate surface area is 194 Å². The molecule has 3 rings (SSSR count). The molecular weight excluding hydrogens is 450 g/mol. The molecule has 3 aromatic rings. The topological polar surface area (TPSA) is 108 Å². The number of aryl methyl sites for hydroxylation is 2. The van der Waals surface area contributed by atoms with E-state index >= 15 is 0 Å². The fourth-order valence-electron chi connectivity index (χ4n) is 2.86. The lowest BCUT2D eigenvalue weighted by Gasteiger charge is -2.15. The third-order valence-corrected chi connectivity index (χ3v) is 6.54. The van der Waals surface area contributed by atoms with Gasteiger partial charge < -0.3 is 19.4 Å². The van der Waals surface area contributed by atoms with E-state index in [-0.39, 0.29) is 24.4 Å². The third-order valence-electron chi connectivity index (χ3n) is 4.47. The van der Waals surface area contributed by atoms with E-state index in [2.05, 4.69) is 20.5 Å². The number of anilines is 1. The number of rotatable bonds is 9. The highest BCUT2D eigenvalue weighted by Gasteiger charge is 2.20. The molecule has 0 fully saturated rings. The summed E-state index contributed by atoms with van der Waals surface area (Å²) in [6.45, 7) is 7.61. The number of para-hydroxylation sites is 1. The number of nitrogens with zero attached hydrogens (tertiary/aromatic N) is 4. The zero-order valence-corrected chi connectivity index (χ0v) is 20.2. The van der Waals surface area contributed by atoms with Crippen molar-refractivity contribution >= 4 is 40.1 Å². The van der Waals surface area contributed by atoms with Gasteiger partial charge in [-0.3, -0.25) is 4.79 Å². The third kappa shape index (κ3) is 5.65. The van der Waals surface area contributed by atoms with Gasteiger partial charge >= 0.3 is 5.97 Å². The molecule has 0 bridgehead atoms. The summed E-state index contributed by atoms with van der Waals surface area (Å²) in [6, 6.07) is 7.78. The van der Waals surface area contributed by atoms with Gasteiger partial charge in [-0.05, 0) is 39.3 Å². The van der Waals surface area contributed by atoms with Crippen molar-refractivity contribution < 1.29 is 19.1 Å². The van der Waals surface area contributed by atoms with E-state index in [4.69, 9.17) is 9.47 Å². The molecule has 0 saturated heterocycles. The number of thioether (sulfide) groups is 1. The Balaban J connectivity index is 1.58. The van der Waals surface area contributed by atoms with Crippen LogP contribution in [0.3, 0.4) is 0 Å². The van der Waals surface area contributed by atoms with Crippen LogP contribution in [0.2, 0.25) is 0 Å². The predicted octanol–water partition coefficient (Wildman–Crippen LogP) is 3.94. The molecule has 0 aliphatic heterocycles. The van der Waals surface area contributed by atoms with E-state index in [9.17, 15) is 9.59 Å². The smallest absolute Gasteiger partial charge is 0.350 e. The van der Waals surface area contributed by atoms with Crippen LogP contribution >= 0.6 is 23.1 Å². The number of hydrogen-bond donors (Lipinski definition) is 1. The lowest BCUT2D eigenvalue weighted by molar-refractivity contribution is -0.113. The Morgan fingerprint density at radius 3 is 2.72 bits per heavy atom. The van der Waals surface area contributed by atoms with Gasteiger partial charge in [0.15, 0.2) is 22.2 Å². The summed E-state index contributed by atoms with van der Waals surface area (Å²) in [7, 11) is 1.84. The van der Waals surface area contributed by atoms with Gasteiger partial charge in [0.05, 0.1) is 18.1 Å². The number of thiazole rings is 1. The molecule has 170 valence electrons. The monoisotopic (exact) mass is 475 g/mol. The molecule has 32 heavy (non-hydrogen) atoms. The van der Waals surface area contributed by atoms with Crippen molar-refractivity contribution in [2.75, 3.05) is 17.7 Å². The number of esters is 1. The van der Waals surface area contributed by atoms with Crippen LogP contribution in [0.4, 0.5) is 5.13 Å². The van der Waals surface area contributed by atoms with Crippen LogP contribution in [-0.4, -0.2) is 44.0 Å². The van der Waals surface area contributed by atoms with Crippen molar-refractivity contribution in [3.8, 4) is 5.75 Å². The maximum absolute atomic E-state index is 12.4.